The SMILES string of the molecule is C=CC(O)(CCC(C)C1CCC2C3CC=C4C[C@@H](O)CCC4(C)C3CCC12C)C(C)C. The zero-order valence-corrected chi connectivity index (χ0v) is 20.9. The lowest BCUT2D eigenvalue weighted by molar-refractivity contribution is -0.0590. The second kappa shape index (κ2) is 8.32. The molecule has 2 N–H and O–H groups in total. The third-order valence-corrected chi connectivity index (χ3v) is 11.2. The van der Waals surface area contributed by atoms with Crippen LogP contribution in [-0.4, -0.2) is 21.9 Å². The van der Waals surface area contributed by atoms with Gasteiger partial charge in [0.1, 0.15) is 0 Å². The van der Waals surface area contributed by atoms with Crippen LogP contribution in [0.4, 0.5) is 0 Å². The molecule has 8 unspecified atom stereocenters. The Morgan fingerprint density at radius 2 is 1.87 bits per heavy atom. The molecule has 0 saturated heterocycles. The second-order valence-electron chi connectivity index (χ2n) is 12.8. The summed E-state index contributed by atoms with van der Waals surface area (Å²) in [6, 6.07) is 0. The molecule has 4 aliphatic rings. The van der Waals surface area contributed by atoms with Crippen LogP contribution in [-0.2, 0) is 0 Å². The van der Waals surface area contributed by atoms with Crippen LogP contribution in [0.2, 0.25) is 0 Å². The van der Waals surface area contributed by atoms with Crippen LogP contribution in [0.1, 0.15) is 98.8 Å². The summed E-state index contributed by atoms with van der Waals surface area (Å²) in [4.78, 5) is 0. The van der Waals surface area contributed by atoms with Gasteiger partial charge in [0.25, 0.3) is 0 Å². The van der Waals surface area contributed by atoms with E-state index in [9.17, 15) is 10.2 Å². The Bertz CT molecular complexity index is 710. The monoisotopic (exact) mass is 428 g/mol. The lowest BCUT2D eigenvalue weighted by atomic mass is 9.47. The summed E-state index contributed by atoms with van der Waals surface area (Å²) < 4.78 is 0. The van der Waals surface area contributed by atoms with Crippen molar-refractivity contribution in [3.63, 3.8) is 0 Å². The molecule has 0 aromatic heterocycles. The molecular formula is C29H48O2. The van der Waals surface area contributed by atoms with Crippen LogP contribution in [0.3, 0.4) is 0 Å². The van der Waals surface area contributed by atoms with Crippen molar-refractivity contribution in [3.8, 4) is 0 Å². The van der Waals surface area contributed by atoms with Crippen molar-refractivity contribution in [3.05, 3.63) is 24.3 Å². The molecule has 0 amide bonds. The Labute approximate surface area is 191 Å². The summed E-state index contributed by atoms with van der Waals surface area (Å²) in [7, 11) is 0. The molecule has 2 heteroatoms. The van der Waals surface area contributed by atoms with E-state index in [-0.39, 0.29) is 12.0 Å². The summed E-state index contributed by atoms with van der Waals surface area (Å²) in [6.45, 7) is 15.7. The molecule has 4 rings (SSSR count). The lowest BCUT2D eigenvalue weighted by Gasteiger charge is -2.58. The maximum Gasteiger partial charge on any atom is 0.0847 e. The Balaban J connectivity index is 1.49. The molecule has 0 aliphatic heterocycles. The van der Waals surface area contributed by atoms with E-state index in [0.717, 1.165) is 49.4 Å². The summed E-state index contributed by atoms with van der Waals surface area (Å²) in [6.07, 6.45) is 16.0. The van der Waals surface area contributed by atoms with Crippen LogP contribution >= 0.6 is 0 Å². The minimum Gasteiger partial charge on any atom is -0.393 e. The second-order valence-corrected chi connectivity index (χ2v) is 12.8. The van der Waals surface area contributed by atoms with Gasteiger partial charge in [-0.3, -0.25) is 0 Å². The van der Waals surface area contributed by atoms with Gasteiger partial charge in [-0.25, -0.2) is 0 Å². The highest BCUT2D eigenvalue weighted by atomic mass is 16.3. The molecule has 0 spiro atoms. The van der Waals surface area contributed by atoms with E-state index in [1.54, 1.807) is 11.6 Å². The smallest absolute Gasteiger partial charge is 0.0847 e. The van der Waals surface area contributed by atoms with Gasteiger partial charge >= 0.3 is 0 Å². The molecule has 0 heterocycles. The van der Waals surface area contributed by atoms with Crippen molar-refractivity contribution in [2.24, 2.45) is 46.3 Å². The topological polar surface area (TPSA) is 40.5 Å². The summed E-state index contributed by atoms with van der Waals surface area (Å²) >= 11 is 0. The first-order valence-electron chi connectivity index (χ1n) is 13.3. The first kappa shape index (κ1) is 23.6. The van der Waals surface area contributed by atoms with Gasteiger partial charge in [0, 0.05) is 0 Å². The highest BCUT2D eigenvalue weighted by Gasteiger charge is 2.59. The number of aliphatic hydroxyl groups is 2. The van der Waals surface area contributed by atoms with Gasteiger partial charge in [-0.1, -0.05) is 52.3 Å². The van der Waals surface area contributed by atoms with Crippen LogP contribution in [0.25, 0.3) is 0 Å². The Morgan fingerprint density at radius 1 is 1.13 bits per heavy atom. The highest BCUT2D eigenvalue weighted by Crippen LogP contribution is 2.67. The minimum atomic E-state index is -0.727. The Hall–Kier alpha value is -0.600. The van der Waals surface area contributed by atoms with Crippen molar-refractivity contribution >= 4 is 0 Å². The number of hydrogen-bond donors (Lipinski definition) is 2. The summed E-state index contributed by atoms with van der Waals surface area (Å²) in [5, 5.41) is 21.2. The molecule has 0 aromatic rings. The van der Waals surface area contributed by atoms with Crippen LogP contribution in [0, 0.1) is 46.3 Å². The van der Waals surface area contributed by atoms with Gasteiger partial charge < -0.3 is 10.2 Å². The molecule has 2 nitrogen and oxygen atoms in total. The van der Waals surface area contributed by atoms with E-state index >= 15 is 0 Å². The number of rotatable bonds is 6. The molecule has 31 heavy (non-hydrogen) atoms. The zero-order valence-electron chi connectivity index (χ0n) is 20.9. The molecule has 0 bridgehead atoms. The van der Waals surface area contributed by atoms with Crippen LogP contribution in [0.5, 0.6) is 0 Å². The van der Waals surface area contributed by atoms with Gasteiger partial charge in [0.2, 0.25) is 0 Å². The maximum absolute atomic E-state index is 11.0. The molecular weight excluding hydrogens is 380 g/mol. The van der Waals surface area contributed by atoms with Crippen molar-refractivity contribution in [1.82, 2.24) is 0 Å². The average molecular weight is 429 g/mol. The number of aliphatic hydroxyl groups excluding tert-OH is 1. The Kier molecular flexibility index (Phi) is 6.32. The van der Waals surface area contributed by atoms with Crippen molar-refractivity contribution in [2.75, 3.05) is 0 Å². The van der Waals surface area contributed by atoms with E-state index in [0.29, 0.717) is 16.7 Å². The van der Waals surface area contributed by atoms with Crippen molar-refractivity contribution in [2.45, 2.75) is 111 Å². The van der Waals surface area contributed by atoms with E-state index in [1.807, 2.05) is 0 Å². The van der Waals surface area contributed by atoms with Crippen LogP contribution < -0.4 is 0 Å². The predicted octanol–water partition coefficient (Wildman–Crippen LogP) is 6.92. The first-order valence-corrected chi connectivity index (χ1v) is 13.3. The number of hydrogen-bond acceptors (Lipinski definition) is 2. The van der Waals surface area contributed by atoms with Gasteiger partial charge in [0.05, 0.1) is 11.7 Å². The third-order valence-electron chi connectivity index (χ3n) is 11.2. The first-order chi connectivity index (χ1) is 14.5. The summed E-state index contributed by atoms with van der Waals surface area (Å²) in [5.74, 6) is 4.17. The maximum atomic E-state index is 11.0. The van der Waals surface area contributed by atoms with Crippen molar-refractivity contribution in [1.29, 1.82) is 0 Å². The number of fused-ring (bicyclic) bond motifs is 5. The number of allylic oxidation sites excluding steroid dienone is 1. The average Bonchev–Trinajstić information content (AvgIpc) is 3.09. The highest BCUT2D eigenvalue weighted by molar-refractivity contribution is 5.25. The normalized spacial score (nSPS) is 45.2. The summed E-state index contributed by atoms with van der Waals surface area (Å²) in [5.41, 5.74) is 1.65. The minimum absolute atomic E-state index is 0.110. The molecule has 4 aliphatic carbocycles. The van der Waals surface area contributed by atoms with Crippen LogP contribution in [0.15, 0.2) is 24.3 Å². The van der Waals surface area contributed by atoms with E-state index in [1.165, 1.54) is 38.5 Å². The lowest BCUT2D eigenvalue weighted by Crippen LogP contribution is -2.50. The largest absolute Gasteiger partial charge is 0.393 e. The van der Waals surface area contributed by atoms with E-state index in [4.69, 9.17) is 0 Å². The molecule has 3 fully saturated rings. The third kappa shape index (κ3) is 3.78. The molecule has 0 aromatic carbocycles. The molecule has 176 valence electrons. The van der Waals surface area contributed by atoms with Gasteiger partial charge in [0.15, 0.2) is 0 Å². The fourth-order valence-corrected chi connectivity index (χ4v) is 8.90. The van der Waals surface area contributed by atoms with Gasteiger partial charge in [-0.2, -0.15) is 0 Å². The van der Waals surface area contributed by atoms with E-state index in [2.05, 4.69) is 47.3 Å². The fourth-order valence-electron chi connectivity index (χ4n) is 8.90. The Morgan fingerprint density at radius 3 is 2.55 bits per heavy atom. The van der Waals surface area contributed by atoms with Crippen molar-refractivity contribution < 1.29 is 10.2 Å². The van der Waals surface area contributed by atoms with Gasteiger partial charge in [-0.05, 0) is 111 Å². The van der Waals surface area contributed by atoms with Gasteiger partial charge in [-0.15, -0.1) is 6.58 Å². The fraction of sp³-hybridized carbons (Fsp3) is 0.862. The molecule has 3 saturated carbocycles. The predicted molar refractivity (Wildman–Crippen MR) is 130 cm³/mol. The molecule has 9 atom stereocenters. The van der Waals surface area contributed by atoms with E-state index < -0.39 is 5.60 Å². The molecule has 0 radical (unpaired) electrons. The standard InChI is InChI=1S/C29H48O2/c1-7-29(31,19(2)3)17-12-20(4)24-10-11-25-23-9-8-21-18-22(30)13-15-27(21,5)26(23)14-16-28(24,25)6/h7-8,19-20,22-26,30-31H,1,9-18H2,2-6H3/t20?,22-,23?,24?,25?,26?,27?,28?,29?/m0/s1. The quantitative estimate of drug-likeness (QED) is 0.451. The zero-order chi connectivity index (χ0) is 22.6.